The van der Waals surface area contributed by atoms with E-state index in [0.29, 0.717) is 0 Å². The van der Waals surface area contributed by atoms with E-state index in [4.69, 9.17) is 9.72 Å². The second kappa shape index (κ2) is 6.01. The van der Waals surface area contributed by atoms with Crippen LogP contribution in [0.15, 0.2) is 60.7 Å². The van der Waals surface area contributed by atoms with Crippen LogP contribution in [-0.2, 0) is 6.42 Å². The van der Waals surface area contributed by atoms with Gasteiger partial charge < -0.3 is 10.1 Å². The van der Waals surface area contributed by atoms with Crippen molar-refractivity contribution in [1.82, 2.24) is 10.3 Å². The van der Waals surface area contributed by atoms with E-state index >= 15 is 0 Å². The number of fused-ring (bicyclic) bond motifs is 2. The van der Waals surface area contributed by atoms with Gasteiger partial charge in [0.05, 0.1) is 11.2 Å². The predicted octanol–water partition coefficient (Wildman–Crippen LogP) is 3.89. The molecule has 0 unspecified atom stereocenters. The Morgan fingerprint density at radius 3 is 2.83 bits per heavy atom. The molecule has 2 atom stereocenters. The van der Waals surface area contributed by atoms with Crippen LogP contribution in [0.1, 0.15) is 24.2 Å². The largest absolute Gasteiger partial charge is 0.488 e. The number of nitrogens with one attached hydrogen (secondary N) is 1. The first-order chi connectivity index (χ1) is 11.3. The second-order valence-electron chi connectivity index (χ2n) is 6.11. The first-order valence-corrected chi connectivity index (χ1v) is 8.13. The third kappa shape index (κ3) is 2.92. The van der Waals surface area contributed by atoms with Crippen LogP contribution in [0.4, 0.5) is 0 Å². The van der Waals surface area contributed by atoms with Crippen molar-refractivity contribution in [3.63, 3.8) is 0 Å². The molecule has 116 valence electrons. The van der Waals surface area contributed by atoms with E-state index in [1.807, 2.05) is 24.3 Å². The minimum atomic E-state index is 0.201. The molecular weight excluding hydrogens is 284 g/mol. The smallest absolute Gasteiger partial charge is 0.123 e. The maximum Gasteiger partial charge on any atom is 0.123 e. The van der Waals surface area contributed by atoms with Crippen LogP contribution in [0.25, 0.3) is 10.9 Å². The third-order valence-corrected chi connectivity index (χ3v) is 4.43. The highest BCUT2D eigenvalue weighted by molar-refractivity contribution is 5.78. The van der Waals surface area contributed by atoms with E-state index in [9.17, 15) is 0 Å². The summed E-state index contributed by atoms with van der Waals surface area (Å²) < 4.78 is 5.98. The molecule has 1 N–H and O–H groups in total. The van der Waals surface area contributed by atoms with Crippen molar-refractivity contribution in [3.8, 4) is 5.75 Å². The van der Waals surface area contributed by atoms with Gasteiger partial charge in [0.1, 0.15) is 11.9 Å². The van der Waals surface area contributed by atoms with Gasteiger partial charge >= 0.3 is 0 Å². The molecule has 0 radical (unpaired) electrons. The van der Waals surface area contributed by atoms with Crippen LogP contribution < -0.4 is 10.1 Å². The molecule has 2 aromatic carbocycles. The third-order valence-electron chi connectivity index (χ3n) is 4.43. The van der Waals surface area contributed by atoms with E-state index < -0.39 is 0 Å². The van der Waals surface area contributed by atoms with Crippen LogP contribution in [-0.4, -0.2) is 17.6 Å². The summed E-state index contributed by atoms with van der Waals surface area (Å²) in [5.74, 6) is 1.02. The number of pyridine rings is 1. The molecule has 3 aromatic rings. The lowest BCUT2D eigenvalue weighted by atomic mass is 10.1. The van der Waals surface area contributed by atoms with Gasteiger partial charge in [0.15, 0.2) is 0 Å². The maximum atomic E-state index is 5.98. The molecule has 1 aliphatic heterocycles. The highest BCUT2D eigenvalue weighted by atomic mass is 16.5. The van der Waals surface area contributed by atoms with Crippen molar-refractivity contribution in [3.05, 3.63) is 71.9 Å². The van der Waals surface area contributed by atoms with E-state index in [0.717, 1.165) is 29.9 Å². The summed E-state index contributed by atoms with van der Waals surface area (Å²) in [5, 5.41) is 4.73. The fraction of sp³-hybridized carbons (Fsp3) is 0.250. The summed E-state index contributed by atoms with van der Waals surface area (Å²) in [6.07, 6.45) is 1.18. The number of ether oxygens (including phenoxy) is 1. The Balaban J connectivity index is 1.41. The molecule has 23 heavy (non-hydrogen) atoms. The Hall–Kier alpha value is -2.39. The molecule has 0 saturated heterocycles. The van der Waals surface area contributed by atoms with Gasteiger partial charge in [-0.15, -0.1) is 0 Å². The van der Waals surface area contributed by atoms with Crippen LogP contribution in [0.2, 0.25) is 0 Å². The molecule has 0 spiro atoms. The monoisotopic (exact) mass is 304 g/mol. The van der Waals surface area contributed by atoms with Crippen molar-refractivity contribution in [2.45, 2.75) is 25.5 Å². The van der Waals surface area contributed by atoms with E-state index in [1.54, 1.807) is 0 Å². The molecule has 0 aliphatic carbocycles. The van der Waals surface area contributed by atoms with Crippen LogP contribution in [0, 0.1) is 0 Å². The normalized spacial score (nSPS) is 17.7. The Kier molecular flexibility index (Phi) is 3.72. The number of aromatic nitrogens is 1. The number of benzene rings is 2. The number of hydrogen-bond acceptors (Lipinski definition) is 3. The zero-order valence-corrected chi connectivity index (χ0v) is 13.2. The summed E-state index contributed by atoms with van der Waals surface area (Å²) in [5.41, 5.74) is 3.41. The van der Waals surface area contributed by atoms with Gasteiger partial charge in [-0.25, -0.2) is 0 Å². The van der Waals surface area contributed by atoms with Crippen LogP contribution in [0.3, 0.4) is 0 Å². The molecule has 3 heteroatoms. The minimum absolute atomic E-state index is 0.201. The van der Waals surface area contributed by atoms with E-state index in [2.05, 4.69) is 48.6 Å². The quantitative estimate of drug-likeness (QED) is 0.794. The van der Waals surface area contributed by atoms with Crippen molar-refractivity contribution >= 4 is 10.9 Å². The zero-order chi connectivity index (χ0) is 15.6. The molecule has 0 bridgehead atoms. The molecular formula is C20H20N2O. The first kappa shape index (κ1) is 14.2. The molecule has 1 aromatic heterocycles. The van der Waals surface area contributed by atoms with E-state index in [1.165, 1.54) is 10.9 Å². The predicted molar refractivity (Wildman–Crippen MR) is 92.7 cm³/mol. The summed E-state index contributed by atoms with van der Waals surface area (Å²) >= 11 is 0. The molecule has 2 heterocycles. The summed E-state index contributed by atoms with van der Waals surface area (Å²) in [7, 11) is 0. The Morgan fingerprint density at radius 1 is 1.09 bits per heavy atom. The van der Waals surface area contributed by atoms with Gasteiger partial charge in [0.25, 0.3) is 0 Å². The fourth-order valence-corrected chi connectivity index (χ4v) is 3.10. The van der Waals surface area contributed by atoms with Crippen molar-refractivity contribution < 1.29 is 4.74 Å². The maximum absolute atomic E-state index is 5.98. The average molecular weight is 304 g/mol. The van der Waals surface area contributed by atoms with Gasteiger partial charge in [-0.1, -0.05) is 42.5 Å². The molecule has 4 rings (SSSR count). The summed E-state index contributed by atoms with van der Waals surface area (Å²) in [6.45, 7) is 2.98. The first-order valence-electron chi connectivity index (χ1n) is 8.13. The lowest BCUT2D eigenvalue weighted by molar-refractivity contribution is 0.222. The molecule has 0 amide bonds. The number of para-hydroxylation sites is 2. The lowest BCUT2D eigenvalue weighted by Crippen LogP contribution is -2.32. The minimum Gasteiger partial charge on any atom is -0.488 e. The average Bonchev–Trinajstić information content (AvgIpc) is 3.02. The summed E-state index contributed by atoms with van der Waals surface area (Å²) in [6, 6.07) is 20.9. The number of rotatable bonds is 4. The second-order valence-corrected chi connectivity index (χ2v) is 6.11. The van der Waals surface area contributed by atoms with Gasteiger partial charge in [0, 0.05) is 24.4 Å². The highest BCUT2D eigenvalue weighted by Gasteiger charge is 2.22. The molecule has 0 fully saturated rings. The Morgan fingerprint density at radius 2 is 1.91 bits per heavy atom. The number of hydrogen-bond donors (Lipinski definition) is 1. The van der Waals surface area contributed by atoms with Crippen molar-refractivity contribution in [2.24, 2.45) is 0 Å². The van der Waals surface area contributed by atoms with Crippen molar-refractivity contribution in [2.75, 3.05) is 6.54 Å². The van der Waals surface area contributed by atoms with Gasteiger partial charge in [-0.05, 0) is 30.7 Å². The zero-order valence-electron chi connectivity index (χ0n) is 13.2. The summed E-state index contributed by atoms with van der Waals surface area (Å²) in [4.78, 5) is 4.76. The van der Waals surface area contributed by atoms with Gasteiger partial charge in [0.2, 0.25) is 0 Å². The Labute approximate surface area is 136 Å². The highest BCUT2D eigenvalue weighted by Crippen LogP contribution is 2.28. The fourth-order valence-electron chi connectivity index (χ4n) is 3.10. The number of nitrogens with zero attached hydrogens (tertiary/aromatic N) is 1. The topological polar surface area (TPSA) is 34.1 Å². The van der Waals surface area contributed by atoms with Gasteiger partial charge in [-0.3, -0.25) is 4.98 Å². The standard InChI is InChI=1S/C20H20N2O/c1-14(18-11-10-15-6-2-4-8-19(15)22-18)21-13-17-12-16-7-3-5-9-20(16)23-17/h2-11,14,17,21H,12-13H2,1H3/t14-,17-/m1/s1. The van der Waals surface area contributed by atoms with Gasteiger partial charge in [-0.2, -0.15) is 0 Å². The Bertz CT molecular complexity index is 805. The van der Waals surface area contributed by atoms with Crippen molar-refractivity contribution in [1.29, 1.82) is 0 Å². The SMILES string of the molecule is C[C@@H](NC[C@H]1Cc2ccccc2O1)c1ccc2ccccc2n1. The van der Waals surface area contributed by atoms with Crippen LogP contribution in [0.5, 0.6) is 5.75 Å². The molecule has 1 aliphatic rings. The lowest BCUT2D eigenvalue weighted by Gasteiger charge is -2.17. The van der Waals surface area contributed by atoms with Crippen LogP contribution >= 0.6 is 0 Å². The van der Waals surface area contributed by atoms with E-state index in [-0.39, 0.29) is 12.1 Å². The molecule has 0 saturated carbocycles. The molecule has 3 nitrogen and oxygen atoms in total.